The lowest BCUT2D eigenvalue weighted by Gasteiger charge is -2.08. The average Bonchev–Trinajstić information content (AvgIpc) is 2.82. The fourth-order valence-electron chi connectivity index (χ4n) is 3.49. The van der Waals surface area contributed by atoms with Crippen molar-refractivity contribution in [1.29, 1.82) is 0 Å². The maximum Gasteiger partial charge on any atom is 0.343 e. The molecule has 1 heterocycles. The molecule has 0 amide bonds. The van der Waals surface area contributed by atoms with Crippen molar-refractivity contribution >= 4 is 5.97 Å². The minimum absolute atomic E-state index is 0.0529. The molecular formula is C27H31FN2O2. The number of ether oxygens (including phenoxy) is 1. The molecule has 0 saturated carbocycles. The third-order valence-corrected chi connectivity index (χ3v) is 5.43. The second-order valence-corrected chi connectivity index (χ2v) is 8.04. The van der Waals surface area contributed by atoms with Gasteiger partial charge in [-0.2, -0.15) is 0 Å². The highest BCUT2D eigenvalue weighted by Crippen LogP contribution is 2.22. The first kappa shape index (κ1) is 23.6. The van der Waals surface area contributed by atoms with Crippen molar-refractivity contribution in [3.63, 3.8) is 0 Å². The van der Waals surface area contributed by atoms with Gasteiger partial charge in [-0.15, -0.1) is 0 Å². The summed E-state index contributed by atoms with van der Waals surface area (Å²) >= 11 is 0. The van der Waals surface area contributed by atoms with Crippen LogP contribution in [0, 0.1) is 5.82 Å². The molecule has 32 heavy (non-hydrogen) atoms. The summed E-state index contributed by atoms with van der Waals surface area (Å²) in [4.78, 5) is 21.4. The summed E-state index contributed by atoms with van der Waals surface area (Å²) in [7, 11) is 0. The van der Waals surface area contributed by atoms with Crippen LogP contribution in [0.5, 0.6) is 5.75 Å². The van der Waals surface area contributed by atoms with Crippen LogP contribution < -0.4 is 4.74 Å². The first-order valence-corrected chi connectivity index (χ1v) is 11.5. The number of carbonyl (C=O) groups excluding carboxylic acids is 1. The van der Waals surface area contributed by atoms with E-state index in [9.17, 15) is 9.18 Å². The zero-order chi connectivity index (χ0) is 22.8. The van der Waals surface area contributed by atoms with E-state index in [1.807, 2.05) is 12.3 Å². The molecule has 0 spiro atoms. The minimum Gasteiger partial charge on any atom is -0.420 e. The number of aryl methyl sites for hydroxylation is 2. The number of unbranched alkanes of at least 4 members (excludes halogenated alkanes) is 4. The normalized spacial score (nSPS) is 10.8. The topological polar surface area (TPSA) is 52.1 Å². The molecule has 0 atom stereocenters. The predicted octanol–water partition coefficient (Wildman–Crippen LogP) is 6.97. The Hall–Kier alpha value is -3.08. The molecule has 2 aromatic carbocycles. The zero-order valence-electron chi connectivity index (χ0n) is 18.9. The van der Waals surface area contributed by atoms with Gasteiger partial charge in [0.05, 0.1) is 23.1 Å². The Balaban J connectivity index is 1.60. The Labute approximate surface area is 189 Å². The van der Waals surface area contributed by atoms with Crippen LogP contribution in [-0.2, 0) is 12.8 Å². The van der Waals surface area contributed by atoms with Gasteiger partial charge in [0.15, 0.2) is 11.6 Å². The molecule has 5 heteroatoms. The van der Waals surface area contributed by atoms with Gasteiger partial charge in [-0.1, -0.05) is 57.7 Å². The summed E-state index contributed by atoms with van der Waals surface area (Å²) in [6, 6.07) is 11.7. The monoisotopic (exact) mass is 434 g/mol. The number of hydrogen-bond donors (Lipinski definition) is 0. The van der Waals surface area contributed by atoms with Crippen molar-refractivity contribution in [2.24, 2.45) is 0 Å². The first-order valence-electron chi connectivity index (χ1n) is 11.5. The maximum atomic E-state index is 14.4. The van der Waals surface area contributed by atoms with E-state index in [2.05, 4.69) is 23.8 Å². The predicted molar refractivity (Wildman–Crippen MR) is 125 cm³/mol. The summed E-state index contributed by atoms with van der Waals surface area (Å²) in [6.07, 6.45) is 12.1. The summed E-state index contributed by atoms with van der Waals surface area (Å²) in [5.74, 6) is -1.16. The molecule has 0 fully saturated rings. The molecule has 0 radical (unpaired) electrons. The number of halogens is 1. The van der Waals surface area contributed by atoms with Gasteiger partial charge in [0.2, 0.25) is 0 Å². The summed E-state index contributed by atoms with van der Waals surface area (Å²) in [6.45, 7) is 4.31. The summed E-state index contributed by atoms with van der Waals surface area (Å²) in [5, 5.41) is 0. The van der Waals surface area contributed by atoms with Crippen LogP contribution in [0.3, 0.4) is 0 Å². The highest BCUT2D eigenvalue weighted by Gasteiger charge is 2.13. The molecule has 1 aromatic heterocycles. The SMILES string of the molecule is CCCCCc1ccc(OC(=O)c2ccc(-c3cnc(CCCCC)cn3)cc2)c(F)c1. The fourth-order valence-corrected chi connectivity index (χ4v) is 3.49. The van der Waals surface area contributed by atoms with E-state index in [0.717, 1.165) is 61.0 Å². The zero-order valence-corrected chi connectivity index (χ0v) is 18.9. The standard InChI is InChI=1S/C27H31FN2O2/c1-3-5-7-9-20-11-16-26(24(28)17-20)32-27(31)22-14-12-21(13-15-22)25-19-29-23(18-30-25)10-8-6-4-2/h11-19H,3-10H2,1-2H3. The Morgan fingerprint density at radius 2 is 1.59 bits per heavy atom. The van der Waals surface area contributed by atoms with Gasteiger partial charge in [-0.3, -0.25) is 9.97 Å². The maximum absolute atomic E-state index is 14.4. The van der Waals surface area contributed by atoms with Gasteiger partial charge >= 0.3 is 5.97 Å². The van der Waals surface area contributed by atoms with Crippen LogP contribution in [0.15, 0.2) is 54.9 Å². The number of hydrogen-bond acceptors (Lipinski definition) is 4. The molecule has 0 N–H and O–H groups in total. The van der Waals surface area contributed by atoms with E-state index in [-0.39, 0.29) is 5.75 Å². The van der Waals surface area contributed by atoms with E-state index < -0.39 is 11.8 Å². The number of rotatable bonds is 11. The largest absolute Gasteiger partial charge is 0.420 e. The highest BCUT2D eigenvalue weighted by atomic mass is 19.1. The average molecular weight is 435 g/mol. The van der Waals surface area contributed by atoms with E-state index in [1.54, 1.807) is 30.5 Å². The van der Waals surface area contributed by atoms with Crippen LogP contribution in [-0.4, -0.2) is 15.9 Å². The van der Waals surface area contributed by atoms with Crippen molar-refractivity contribution < 1.29 is 13.9 Å². The lowest BCUT2D eigenvalue weighted by molar-refractivity contribution is 0.0728. The fraction of sp³-hybridized carbons (Fsp3) is 0.370. The van der Waals surface area contributed by atoms with Gasteiger partial charge in [-0.05, 0) is 55.5 Å². The number of esters is 1. The smallest absolute Gasteiger partial charge is 0.343 e. The van der Waals surface area contributed by atoms with Crippen molar-refractivity contribution in [2.45, 2.75) is 65.2 Å². The van der Waals surface area contributed by atoms with E-state index in [0.29, 0.717) is 5.56 Å². The number of carbonyl (C=O) groups is 1. The molecule has 0 aliphatic heterocycles. The minimum atomic E-state index is -0.591. The Bertz CT molecular complexity index is 1000. The molecular weight excluding hydrogens is 403 g/mol. The Kier molecular flexibility index (Phi) is 8.90. The molecule has 4 nitrogen and oxygen atoms in total. The second-order valence-electron chi connectivity index (χ2n) is 8.04. The van der Waals surface area contributed by atoms with Crippen LogP contribution in [0.1, 0.15) is 74.0 Å². The van der Waals surface area contributed by atoms with Crippen LogP contribution in [0.2, 0.25) is 0 Å². The van der Waals surface area contributed by atoms with Gasteiger partial charge in [-0.25, -0.2) is 9.18 Å². The highest BCUT2D eigenvalue weighted by molar-refractivity contribution is 5.91. The lowest BCUT2D eigenvalue weighted by atomic mass is 10.1. The quantitative estimate of drug-likeness (QED) is 0.186. The van der Waals surface area contributed by atoms with Crippen LogP contribution in [0.25, 0.3) is 11.3 Å². The molecule has 0 saturated heterocycles. The molecule has 0 aliphatic carbocycles. The molecule has 0 unspecified atom stereocenters. The van der Waals surface area contributed by atoms with E-state index in [4.69, 9.17) is 4.74 Å². The van der Waals surface area contributed by atoms with Gasteiger partial charge in [0.1, 0.15) is 0 Å². The van der Waals surface area contributed by atoms with Crippen molar-refractivity contribution in [2.75, 3.05) is 0 Å². The molecule has 0 aliphatic rings. The molecule has 0 bridgehead atoms. The van der Waals surface area contributed by atoms with Gasteiger partial charge < -0.3 is 4.74 Å². The van der Waals surface area contributed by atoms with Crippen molar-refractivity contribution in [3.05, 3.63) is 77.5 Å². The van der Waals surface area contributed by atoms with Gasteiger partial charge in [0, 0.05) is 11.8 Å². The van der Waals surface area contributed by atoms with Crippen molar-refractivity contribution in [1.82, 2.24) is 9.97 Å². The summed E-state index contributed by atoms with van der Waals surface area (Å²) in [5.41, 5.74) is 3.85. The first-order chi connectivity index (χ1) is 15.6. The molecule has 3 rings (SSSR count). The molecule has 168 valence electrons. The van der Waals surface area contributed by atoms with E-state index >= 15 is 0 Å². The number of nitrogens with zero attached hydrogens (tertiary/aromatic N) is 2. The Morgan fingerprint density at radius 1 is 0.875 bits per heavy atom. The number of benzene rings is 2. The van der Waals surface area contributed by atoms with E-state index in [1.165, 1.54) is 25.0 Å². The lowest BCUT2D eigenvalue weighted by Crippen LogP contribution is -2.09. The number of aromatic nitrogens is 2. The second kappa shape index (κ2) is 12.1. The summed E-state index contributed by atoms with van der Waals surface area (Å²) < 4.78 is 19.6. The Morgan fingerprint density at radius 3 is 2.22 bits per heavy atom. The third kappa shape index (κ3) is 6.71. The van der Waals surface area contributed by atoms with Crippen LogP contribution in [0.4, 0.5) is 4.39 Å². The van der Waals surface area contributed by atoms with Crippen molar-refractivity contribution in [3.8, 4) is 17.0 Å². The van der Waals surface area contributed by atoms with Gasteiger partial charge in [0.25, 0.3) is 0 Å². The molecule has 3 aromatic rings. The third-order valence-electron chi connectivity index (χ3n) is 5.43. The van der Waals surface area contributed by atoms with Crippen LogP contribution >= 0.6 is 0 Å².